The van der Waals surface area contributed by atoms with Gasteiger partial charge in [0.2, 0.25) is 5.82 Å². The van der Waals surface area contributed by atoms with Crippen LogP contribution < -0.4 is 4.74 Å². The number of aromatic nitrogens is 3. The van der Waals surface area contributed by atoms with Crippen LogP contribution >= 0.6 is 0 Å². The summed E-state index contributed by atoms with van der Waals surface area (Å²) in [4.78, 5) is 6.39. The summed E-state index contributed by atoms with van der Waals surface area (Å²) in [6.07, 6.45) is -0.723. The zero-order chi connectivity index (χ0) is 20.9. The number of ether oxygens (including phenoxy) is 1. The summed E-state index contributed by atoms with van der Waals surface area (Å²) in [7, 11) is 0. The van der Waals surface area contributed by atoms with Crippen LogP contribution in [0.4, 0.5) is 8.78 Å². The minimum Gasteiger partial charge on any atom is -0.463 e. The molecular weight excluding hydrogens is 386 g/mol. The summed E-state index contributed by atoms with van der Waals surface area (Å²) in [6.45, 7) is 5.30. The van der Waals surface area contributed by atoms with E-state index in [1.54, 1.807) is 0 Å². The predicted octanol–water partition coefficient (Wildman–Crippen LogP) is 4.80. The number of benzene rings is 2. The van der Waals surface area contributed by atoms with E-state index in [0.717, 1.165) is 38.0 Å². The molecule has 0 atom stereocenters. The maximum absolute atomic E-state index is 13.2. The number of hydrogen-bond donors (Lipinski definition) is 0. The molecule has 0 amide bonds. The van der Waals surface area contributed by atoms with Crippen molar-refractivity contribution in [1.29, 1.82) is 0 Å². The third-order valence-electron chi connectivity index (χ3n) is 5.54. The number of alkyl halides is 2. The monoisotopic (exact) mass is 412 g/mol. The molecule has 7 heteroatoms. The fourth-order valence-electron chi connectivity index (χ4n) is 3.80. The van der Waals surface area contributed by atoms with E-state index in [1.807, 2.05) is 37.3 Å². The standard InChI is InChI=1S/C23H26F2N4O/c1-17-7-5-6-10-20(17)29-23(26-22(27-29)21(24)25)30-16-19-11-13-28(14-12-19)15-18-8-3-2-4-9-18/h2-10,19,21H,11-16H2,1H3. The minimum atomic E-state index is -2.74. The highest BCUT2D eigenvalue weighted by atomic mass is 19.3. The summed E-state index contributed by atoms with van der Waals surface area (Å²) >= 11 is 0. The summed E-state index contributed by atoms with van der Waals surface area (Å²) in [6, 6.07) is 18.1. The van der Waals surface area contributed by atoms with Gasteiger partial charge in [-0.3, -0.25) is 4.90 Å². The van der Waals surface area contributed by atoms with Gasteiger partial charge in [0.15, 0.2) is 0 Å². The molecule has 158 valence electrons. The van der Waals surface area contributed by atoms with E-state index in [4.69, 9.17) is 4.74 Å². The number of piperidine rings is 1. The first-order valence-electron chi connectivity index (χ1n) is 10.3. The molecule has 1 fully saturated rings. The average Bonchev–Trinajstić information content (AvgIpc) is 3.19. The van der Waals surface area contributed by atoms with Crippen LogP contribution in [0.3, 0.4) is 0 Å². The third kappa shape index (κ3) is 4.84. The Morgan fingerprint density at radius 3 is 2.43 bits per heavy atom. The molecule has 0 radical (unpaired) electrons. The van der Waals surface area contributed by atoms with E-state index < -0.39 is 12.2 Å². The molecule has 0 spiro atoms. The van der Waals surface area contributed by atoms with Gasteiger partial charge in [-0.05, 0) is 56.0 Å². The maximum Gasteiger partial charge on any atom is 0.320 e. The largest absolute Gasteiger partial charge is 0.463 e. The van der Waals surface area contributed by atoms with E-state index >= 15 is 0 Å². The van der Waals surface area contributed by atoms with Crippen LogP contribution in [0.25, 0.3) is 5.69 Å². The van der Waals surface area contributed by atoms with Crippen LogP contribution in [0.15, 0.2) is 54.6 Å². The van der Waals surface area contributed by atoms with Gasteiger partial charge in [-0.2, -0.15) is 9.67 Å². The first kappa shape index (κ1) is 20.5. The Labute approximate surface area is 175 Å². The van der Waals surface area contributed by atoms with Crippen LogP contribution in [0.5, 0.6) is 6.01 Å². The lowest BCUT2D eigenvalue weighted by Crippen LogP contribution is -2.35. The van der Waals surface area contributed by atoms with Gasteiger partial charge in [0.25, 0.3) is 6.43 Å². The van der Waals surface area contributed by atoms with Gasteiger partial charge in [-0.25, -0.2) is 8.78 Å². The highest BCUT2D eigenvalue weighted by Crippen LogP contribution is 2.25. The summed E-state index contributed by atoms with van der Waals surface area (Å²) in [5, 5.41) is 3.99. The van der Waals surface area contributed by atoms with Gasteiger partial charge < -0.3 is 4.74 Å². The molecule has 0 unspecified atom stereocenters. The van der Waals surface area contributed by atoms with E-state index in [0.29, 0.717) is 18.2 Å². The molecule has 0 saturated carbocycles. The summed E-state index contributed by atoms with van der Waals surface area (Å²) in [5.41, 5.74) is 2.94. The Bertz CT molecular complexity index is 953. The van der Waals surface area contributed by atoms with Crippen molar-refractivity contribution in [1.82, 2.24) is 19.7 Å². The van der Waals surface area contributed by atoms with E-state index in [-0.39, 0.29) is 6.01 Å². The molecule has 1 aromatic heterocycles. The van der Waals surface area contributed by atoms with Gasteiger partial charge in [0.1, 0.15) is 0 Å². The fourth-order valence-corrected chi connectivity index (χ4v) is 3.80. The van der Waals surface area contributed by atoms with Crippen molar-refractivity contribution in [2.45, 2.75) is 32.7 Å². The molecule has 0 N–H and O–H groups in total. The highest BCUT2D eigenvalue weighted by molar-refractivity contribution is 5.40. The molecule has 4 rings (SSSR count). The number of nitrogens with zero attached hydrogens (tertiary/aromatic N) is 4. The zero-order valence-corrected chi connectivity index (χ0v) is 17.0. The first-order valence-corrected chi connectivity index (χ1v) is 10.3. The van der Waals surface area contributed by atoms with Gasteiger partial charge in [-0.1, -0.05) is 48.5 Å². The molecule has 1 saturated heterocycles. The van der Waals surface area contributed by atoms with Crippen molar-refractivity contribution in [3.8, 4) is 11.7 Å². The molecule has 30 heavy (non-hydrogen) atoms. The van der Waals surface area contributed by atoms with Gasteiger partial charge in [0.05, 0.1) is 12.3 Å². The Morgan fingerprint density at radius 1 is 1.03 bits per heavy atom. The predicted molar refractivity (Wildman–Crippen MR) is 111 cm³/mol. The number of aryl methyl sites for hydroxylation is 1. The summed E-state index contributed by atoms with van der Waals surface area (Å²) < 4.78 is 33.7. The Hall–Kier alpha value is -2.80. The van der Waals surface area contributed by atoms with Crippen molar-refractivity contribution < 1.29 is 13.5 Å². The van der Waals surface area contributed by atoms with Gasteiger partial charge in [-0.15, -0.1) is 5.10 Å². The van der Waals surface area contributed by atoms with Crippen molar-refractivity contribution >= 4 is 0 Å². The topological polar surface area (TPSA) is 43.2 Å². The first-order chi connectivity index (χ1) is 14.6. The van der Waals surface area contributed by atoms with Crippen LogP contribution in [-0.4, -0.2) is 39.4 Å². The van der Waals surface area contributed by atoms with Crippen LogP contribution in [0, 0.1) is 12.8 Å². The molecular formula is C23H26F2N4O. The second-order valence-corrected chi connectivity index (χ2v) is 7.77. The second kappa shape index (κ2) is 9.34. The number of para-hydroxylation sites is 1. The van der Waals surface area contributed by atoms with Crippen molar-refractivity contribution in [3.63, 3.8) is 0 Å². The maximum atomic E-state index is 13.2. The quantitative estimate of drug-likeness (QED) is 0.559. The zero-order valence-electron chi connectivity index (χ0n) is 17.0. The van der Waals surface area contributed by atoms with Gasteiger partial charge in [0, 0.05) is 6.54 Å². The number of likely N-dealkylation sites (tertiary alicyclic amines) is 1. The minimum absolute atomic E-state index is 0.131. The lowest BCUT2D eigenvalue weighted by molar-refractivity contribution is 0.129. The van der Waals surface area contributed by atoms with E-state index in [2.05, 4.69) is 39.2 Å². The lowest BCUT2D eigenvalue weighted by Gasteiger charge is -2.31. The normalized spacial score (nSPS) is 15.6. The fraction of sp³-hybridized carbons (Fsp3) is 0.391. The van der Waals surface area contributed by atoms with Crippen molar-refractivity contribution in [2.75, 3.05) is 19.7 Å². The van der Waals surface area contributed by atoms with E-state index in [9.17, 15) is 8.78 Å². The molecule has 3 aromatic rings. The number of halogens is 2. The van der Waals surface area contributed by atoms with Crippen molar-refractivity contribution in [3.05, 3.63) is 71.5 Å². The SMILES string of the molecule is Cc1ccccc1-n1nc(C(F)F)nc1OCC1CCN(Cc2ccccc2)CC1. The van der Waals surface area contributed by atoms with E-state index in [1.165, 1.54) is 10.2 Å². The number of hydrogen-bond acceptors (Lipinski definition) is 4. The Kier molecular flexibility index (Phi) is 6.38. The molecule has 2 heterocycles. The smallest absolute Gasteiger partial charge is 0.320 e. The third-order valence-corrected chi connectivity index (χ3v) is 5.54. The average molecular weight is 412 g/mol. The molecule has 1 aliphatic rings. The van der Waals surface area contributed by atoms with Crippen LogP contribution in [-0.2, 0) is 6.54 Å². The summed E-state index contributed by atoms with van der Waals surface area (Å²) in [5.74, 6) is -0.139. The Morgan fingerprint density at radius 2 is 1.73 bits per heavy atom. The van der Waals surface area contributed by atoms with Gasteiger partial charge >= 0.3 is 6.01 Å². The van der Waals surface area contributed by atoms with Crippen LogP contribution in [0.2, 0.25) is 0 Å². The molecule has 2 aromatic carbocycles. The van der Waals surface area contributed by atoms with Crippen LogP contribution in [0.1, 0.15) is 36.2 Å². The van der Waals surface area contributed by atoms with Crippen molar-refractivity contribution in [2.24, 2.45) is 5.92 Å². The highest BCUT2D eigenvalue weighted by Gasteiger charge is 2.23. The molecule has 0 bridgehead atoms. The molecule has 0 aliphatic carbocycles. The number of rotatable bonds is 7. The lowest BCUT2D eigenvalue weighted by atomic mass is 9.97. The second-order valence-electron chi connectivity index (χ2n) is 7.77. The molecule has 1 aliphatic heterocycles. The molecule has 5 nitrogen and oxygen atoms in total. The Balaban J connectivity index is 1.38.